The van der Waals surface area contributed by atoms with Gasteiger partial charge in [0.1, 0.15) is 13.2 Å². The third-order valence-electron chi connectivity index (χ3n) is 19.6. The molecule has 0 radical (unpaired) electrons. The van der Waals surface area contributed by atoms with Gasteiger partial charge in [0.25, 0.3) is 0 Å². The van der Waals surface area contributed by atoms with Gasteiger partial charge in [0.2, 0.25) is 0 Å². The number of hydrogen-bond donors (Lipinski definition) is 0. The molecule has 0 amide bonds. The van der Waals surface area contributed by atoms with E-state index in [9.17, 15) is 19.5 Å². The highest BCUT2D eigenvalue weighted by atomic mass is 16.7. The first-order chi connectivity index (χ1) is 47.6. The number of carboxylic acids is 1. The Morgan fingerprint density at radius 1 is 0.320 bits per heavy atom. The van der Waals surface area contributed by atoms with Crippen LogP contribution in [0, 0.1) is 0 Å². The lowest BCUT2D eigenvalue weighted by Crippen LogP contribution is -2.44. The Morgan fingerprint density at radius 2 is 0.588 bits per heavy atom. The molecule has 0 rings (SSSR count). The van der Waals surface area contributed by atoms with Crippen LogP contribution in [-0.2, 0) is 33.3 Å². The van der Waals surface area contributed by atoms with Crippen LogP contribution in [0.2, 0.25) is 0 Å². The van der Waals surface area contributed by atoms with Crippen LogP contribution < -0.4 is 5.11 Å². The van der Waals surface area contributed by atoms with Gasteiger partial charge in [0, 0.05) is 12.8 Å². The minimum atomic E-state index is -1.62. The van der Waals surface area contributed by atoms with E-state index in [-0.39, 0.29) is 32.2 Å². The first-order valence-corrected chi connectivity index (χ1v) is 42.8. The molecule has 0 aliphatic rings. The van der Waals surface area contributed by atoms with Crippen molar-refractivity contribution in [3.8, 4) is 0 Å². The first-order valence-electron chi connectivity index (χ1n) is 42.8. The number of carbonyl (C=O) groups is 3. The van der Waals surface area contributed by atoms with Crippen LogP contribution in [-0.4, -0.2) is 82.3 Å². The summed E-state index contributed by atoms with van der Waals surface area (Å²) >= 11 is 0. The monoisotopic (exact) mass is 1360 g/mol. The van der Waals surface area contributed by atoms with E-state index >= 15 is 0 Å². The fourth-order valence-electron chi connectivity index (χ4n) is 13.1. The second-order valence-electron chi connectivity index (χ2n) is 30.5. The van der Waals surface area contributed by atoms with Gasteiger partial charge < -0.3 is 33.3 Å². The van der Waals surface area contributed by atoms with E-state index in [4.69, 9.17) is 18.9 Å². The van der Waals surface area contributed by atoms with Crippen molar-refractivity contribution in [2.75, 3.05) is 47.5 Å². The number of unbranched alkanes of at least 4 members (excludes halogenated alkanes) is 58. The molecule has 2 unspecified atom stereocenters. The molecule has 97 heavy (non-hydrogen) atoms. The lowest BCUT2D eigenvalue weighted by Gasteiger charge is -2.26. The summed E-state index contributed by atoms with van der Waals surface area (Å²) in [4.78, 5) is 37.6. The SMILES string of the molecule is CC/C=C\C/C=C\C/C=C\C/C=C\CCCCCCCCCCCCCCCCCCCCCCC(=O)OC(COC(=O)CCCCCCCCCCCCCCCCCCCCCCCCCCCCCCCCCCCCCCCCC)COC(OCC[N+](C)(C)C)C(=O)[O-]. The average molecular weight is 1370 g/mol. The summed E-state index contributed by atoms with van der Waals surface area (Å²) in [5.41, 5.74) is 0. The largest absolute Gasteiger partial charge is 0.545 e. The van der Waals surface area contributed by atoms with Crippen LogP contribution in [0.25, 0.3) is 0 Å². The number of aliphatic carboxylic acids is 1. The molecule has 0 aromatic carbocycles. The van der Waals surface area contributed by atoms with Gasteiger partial charge in [-0.05, 0) is 51.4 Å². The fraction of sp³-hybridized carbons (Fsp3) is 0.875. The van der Waals surface area contributed by atoms with Gasteiger partial charge in [-0.2, -0.15) is 0 Å². The second-order valence-corrected chi connectivity index (χ2v) is 30.5. The molecule has 0 saturated heterocycles. The molecule has 9 heteroatoms. The highest BCUT2D eigenvalue weighted by Crippen LogP contribution is 2.21. The normalized spacial score (nSPS) is 12.8. The van der Waals surface area contributed by atoms with E-state index in [1.807, 2.05) is 21.1 Å². The highest BCUT2D eigenvalue weighted by molar-refractivity contribution is 5.70. The zero-order valence-electron chi connectivity index (χ0n) is 65.5. The van der Waals surface area contributed by atoms with Crippen LogP contribution in [0.1, 0.15) is 438 Å². The molecule has 9 nitrogen and oxygen atoms in total. The molecule has 0 N–H and O–H groups in total. The van der Waals surface area contributed by atoms with E-state index in [1.54, 1.807) is 0 Å². The van der Waals surface area contributed by atoms with Crippen LogP contribution in [0.15, 0.2) is 48.6 Å². The Morgan fingerprint density at radius 3 is 0.876 bits per heavy atom. The van der Waals surface area contributed by atoms with Gasteiger partial charge in [-0.15, -0.1) is 0 Å². The Hall–Kier alpha value is -2.75. The van der Waals surface area contributed by atoms with E-state index < -0.39 is 24.3 Å². The smallest absolute Gasteiger partial charge is 0.306 e. The number of ether oxygens (including phenoxy) is 4. The van der Waals surface area contributed by atoms with E-state index in [1.165, 1.54) is 347 Å². The van der Waals surface area contributed by atoms with Crippen LogP contribution in [0.5, 0.6) is 0 Å². The standard InChI is InChI=1S/C88H165NO8/c1-6-8-10-12-14-16-18-20-22-24-26-28-30-32-34-36-38-40-41-42-43-44-45-47-48-50-52-54-56-58-60-62-64-66-68-70-72-74-76-78-85(90)95-82-84(83-96-88(87(92)93)94-81-80-89(3,4)5)97-86(91)79-77-75-73-71-69-67-65-63-61-59-57-55-53-51-49-46-39-37-35-33-31-29-27-25-23-21-19-17-15-13-11-9-7-2/h9,11,15,17,21,23,27,29,84,88H,6-8,10,12-14,16,18-20,22,24-26,28,30-83H2,1-5H3/b11-9-,17-15-,23-21-,29-27-. The maximum atomic E-state index is 13.0. The Kier molecular flexibility index (Phi) is 76.7. The lowest BCUT2D eigenvalue weighted by atomic mass is 10.0. The third kappa shape index (κ3) is 80.4. The van der Waals surface area contributed by atoms with Crippen LogP contribution in [0.3, 0.4) is 0 Å². The Bertz CT molecular complexity index is 1730. The van der Waals surface area contributed by atoms with Gasteiger partial charge in [-0.1, -0.05) is 422 Å². The van der Waals surface area contributed by atoms with Gasteiger partial charge in [0.05, 0.1) is 40.3 Å². The van der Waals surface area contributed by atoms with Crippen molar-refractivity contribution in [1.29, 1.82) is 0 Å². The summed E-state index contributed by atoms with van der Waals surface area (Å²) in [5.74, 6) is -2.25. The van der Waals surface area contributed by atoms with E-state index in [0.29, 0.717) is 17.4 Å². The number of rotatable bonds is 81. The molecule has 0 aliphatic heterocycles. The molecule has 0 heterocycles. The van der Waals surface area contributed by atoms with Crippen LogP contribution >= 0.6 is 0 Å². The van der Waals surface area contributed by atoms with Crippen molar-refractivity contribution in [2.45, 2.75) is 450 Å². The molecule has 0 saturated carbocycles. The zero-order valence-corrected chi connectivity index (χ0v) is 65.5. The van der Waals surface area contributed by atoms with Crippen LogP contribution in [0.4, 0.5) is 0 Å². The average Bonchev–Trinajstić information content (AvgIpc) is 2.59. The third-order valence-corrected chi connectivity index (χ3v) is 19.6. The molecule has 0 aromatic rings. The number of carboxylic acid groups (broad SMARTS) is 1. The van der Waals surface area contributed by atoms with Gasteiger partial charge in [-0.25, -0.2) is 0 Å². The number of carbonyl (C=O) groups excluding carboxylic acids is 3. The summed E-state index contributed by atoms with van der Waals surface area (Å²) in [6.45, 7) is 4.72. The number of quaternary nitrogens is 1. The van der Waals surface area contributed by atoms with Gasteiger partial charge in [-0.3, -0.25) is 9.59 Å². The Balaban J connectivity index is 3.91. The van der Waals surface area contributed by atoms with E-state index in [2.05, 4.69) is 62.5 Å². The maximum Gasteiger partial charge on any atom is 0.306 e. The minimum Gasteiger partial charge on any atom is -0.545 e. The molecular weight excluding hydrogens is 1200 g/mol. The quantitative estimate of drug-likeness (QED) is 0.0195. The molecule has 0 spiro atoms. The lowest BCUT2D eigenvalue weighted by molar-refractivity contribution is -0.870. The summed E-state index contributed by atoms with van der Waals surface area (Å²) < 4.78 is 22.9. The number of allylic oxidation sites excluding steroid dienone is 8. The van der Waals surface area contributed by atoms with Crippen molar-refractivity contribution in [3.05, 3.63) is 48.6 Å². The molecule has 0 aromatic heterocycles. The summed E-state index contributed by atoms with van der Waals surface area (Å²) in [5, 5.41) is 11.9. The summed E-state index contributed by atoms with van der Waals surface area (Å²) in [6, 6.07) is 0. The predicted octanol–water partition coefficient (Wildman–Crippen LogP) is 26.3. The molecule has 0 bridgehead atoms. The van der Waals surface area contributed by atoms with Crippen molar-refractivity contribution in [2.24, 2.45) is 0 Å². The second kappa shape index (κ2) is 79.0. The number of nitrogens with zero attached hydrogens (tertiary/aromatic N) is 1. The maximum absolute atomic E-state index is 13.0. The molecule has 0 fully saturated rings. The topological polar surface area (TPSA) is 111 Å². The molecule has 0 aliphatic carbocycles. The zero-order chi connectivity index (χ0) is 70.4. The predicted molar refractivity (Wildman–Crippen MR) is 417 cm³/mol. The number of esters is 2. The first kappa shape index (κ1) is 94.2. The molecule has 570 valence electrons. The molecular formula is C88H165NO8. The van der Waals surface area contributed by atoms with Gasteiger partial charge >= 0.3 is 11.9 Å². The Labute approximate surface area is 603 Å². The summed E-state index contributed by atoms with van der Waals surface area (Å²) in [7, 11) is 5.95. The van der Waals surface area contributed by atoms with Crippen molar-refractivity contribution < 1.29 is 42.9 Å². The number of likely N-dealkylation sites (N-methyl/N-ethyl adjacent to an activating group) is 1. The minimum absolute atomic E-state index is 0.151. The van der Waals surface area contributed by atoms with Crippen molar-refractivity contribution in [1.82, 2.24) is 0 Å². The van der Waals surface area contributed by atoms with E-state index in [0.717, 1.165) is 64.2 Å². The molecule has 2 atom stereocenters. The van der Waals surface area contributed by atoms with Gasteiger partial charge in [0.15, 0.2) is 12.4 Å². The fourth-order valence-corrected chi connectivity index (χ4v) is 13.1. The summed E-state index contributed by atoms with van der Waals surface area (Å²) in [6.07, 6.45) is 101. The number of hydrogen-bond acceptors (Lipinski definition) is 8. The van der Waals surface area contributed by atoms with Crippen molar-refractivity contribution >= 4 is 17.9 Å². The van der Waals surface area contributed by atoms with Crippen molar-refractivity contribution in [3.63, 3.8) is 0 Å². The highest BCUT2D eigenvalue weighted by Gasteiger charge is 2.22.